The van der Waals surface area contributed by atoms with Crippen LogP contribution in [0.15, 0.2) is 10.9 Å². The van der Waals surface area contributed by atoms with Crippen LogP contribution in [0.25, 0.3) is 0 Å². The Bertz CT molecular complexity index is 737. The summed E-state index contributed by atoms with van der Waals surface area (Å²) in [6.07, 6.45) is 2.68. The van der Waals surface area contributed by atoms with Gasteiger partial charge in [0.2, 0.25) is 0 Å². The maximum absolute atomic E-state index is 9.71. The quantitative estimate of drug-likeness (QED) is 0.820. The molecule has 0 N–H and O–H groups in total. The van der Waals surface area contributed by atoms with E-state index in [4.69, 9.17) is 0 Å². The Balaban J connectivity index is 1.77. The van der Waals surface area contributed by atoms with Gasteiger partial charge in [-0.1, -0.05) is 13.8 Å². The monoisotopic (exact) mass is 356 g/mol. The highest BCUT2D eigenvalue weighted by Crippen LogP contribution is 2.24. The van der Waals surface area contributed by atoms with E-state index in [9.17, 15) is 5.26 Å². The molecule has 132 valence electrons. The molecule has 3 heterocycles. The molecule has 1 saturated heterocycles. The average Bonchev–Trinajstić information content (AvgIpc) is 3.04. The van der Waals surface area contributed by atoms with Crippen molar-refractivity contribution >= 4 is 17.2 Å². The number of hydrogen-bond donors (Lipinski definition) is 0. The smallest absolute Gasteiger partial charge is 0.169 e. The zero-order chi connectivity index (χ0) is 17.6. The van der Waals surface area contributed by atoms with Crippen LogP contribution in [0, 0.1) is 11.3 Å². The Morgan fingerprint density at radius 2 is 2.04 bits per heavy atom. The highest BCUT2D eigenvalue weighted by Gasteiger charge is 2.22. The molecule has 25 heavy (non-hydrogen) atoms. The molecule has 0 atom stereocenters. The fourth-order valence-corrected chi connectivity index (χ4v) is 3.94. The van der Waals surface area contributed by atoms with E-state index in [1.807, 2.05) is 5.51 Å². The van der Waals surface area contributed by atoms with Crippen LogP contribution >= 0.6 is 11.3 Å². The van der Waals surface area contributed by atoms with Crippen LogP contribution in [0.1, 0.15) is 42.8 Å². The number of nitriles is 1. The largest absolute Gasteiger partial charge is 0.353 e. The predicted molar refractivity (Wildman–Crippen MR) is 99.7 cm³/mol. The second-order valence-corrected chi connectivity index (χ2v) is 6.96. The third kappa shape index (κ3) is 3.97. The third-order valence-corrected chi connectivity index (χ3v) is 5.33. The van der Waals surface area contributed by atoms with Crippen LogP contribution in [0.5, 0.6) is 0 Å². The predicted octanol–water partition coefficient (Wildman–Crippen LogP) is 2.64. The molecule has 2 aromatic heterocycles. The standard InChI is InChI=1S/C18H24N6S/c1-3-15-16(10-19)18(22-21-17(15)4-2)24-7-5-6-23(8-9-24)11-14-12-25-13-20-14/h12-13H,3-9,11H2,1-2H3. The minimum Gasteiger partial charge on any atom is -0.353 e. The zero-order valence-corrected chi connectivity index (χ0v) is 15.7. The number of rotatable bonds is 5. The van der Waals surface area contributed by atoms with Gasteiger partial charge >= 0.3 is 0 Å². The highest BCUT2D eigenvalue weighted by atomic mass is 32.1. The van der Waals surface area contributed by atoms with Gasteiger partial charge in [0, 0.05) is 38.1 Å². The Morgan fingerprint density at radius 3 is 2.72 bits per heavy atom. The van der Waals surface area contributed by atoms with Gasteiger partial charge in [0.25, 0.3) is 0 Å². The number of nitrogens with zero attached hydrogens (tertiary/aromatic N) is 6. The number of thiazole rings is 1. The van der Waals surface area contributed by atoms with Crippen molar-refractivity contribution < 1.29 is 0 Å². The summed E-state index contributed by atoms with van der Waals surface area (Å²) in [4.78, 5) is 9.04. The summed E-state index contributed by atoms with van der Waals surface area (Å²) in [7, 11) is 0. The molecule has 0 amide bonds. The van der Waals surface area contributed by atoms with E-state index in [2.05, 4.69) is 50.3 Å². The minimum absolute atomic E-state index is 0.710. The number of aromatic nitrogens is 3. The zero-order valence-electron chi connectivity index (χ0n) is 14.9. The first kappa shape index (κ1) is 17.8. The van der Waals surface area contributed by atoms with Gasteiger partial charge in [0.1, 0.15) is 11.6 Å². The maximum Gasteiger partial charge on any atom is 0.169 e. The molecule has 0 bridgehead atoms. The molecule has 1 fully saturated rings. The van der Waals surface area contributed by atoms with E-state index >= 15 is 0 Å². The van der Waals surface area contributed by atoms with Gasteiger partial charge in [0.05, 0.1) is 16.9 Å². The second-order valence-electron chi connectivity index (χ2n) is 6.24. The van der Waals surface area contributed by atoms with Crippen LogP contribution in [0.4, 0.5) is 5.82 Å². The molecule has 2 aromatic rings. The summed E-state index contributed by atoms with van der Waals surface area (Å²) in [6, 6.07) is 2.39. The molecule has 0 unspecified atom stereocenters. The molecule has 0 aliphatic carbocycles. The van der Waals surface area contributed by atoms with E-state index in [0.29, 0.717) is 5.56 Å². The fraction of sp³-hybridized carbons (Fsp3) is 0.556. The molecule has 1 aliphatic heterocycles. The lowest BCUT2D eigenvalue weighted by molar-refractivity contribution is 0.282. The van der Waals surface area contributed by atoms with E-state index in [-0.39, 0.29) is 0 Å². The number of aryl methyl sites for hydroxylation is 1. The number of hydrogen-bond acceptors (Lipinski definition) is 7. The summed E-state index contributed by atoms with van der Waals surface area (Å²) < 4.78 is 0. The van der Waals surface area contributed by atoms with E-state index in [1.165, 1.54) is 0 Å². The van der Waals surface area contributed by atoms with Crippen LogP contribution in [-0.2, 0) is 19.4 Å². The van der Waals surface area contributed by atoms with Crippen molar-refractivity contribution in [3.8, 4) is 6.07 Å². The van der Waals surface area contributed by atoms with Crippen molar-refractivity contribution in [2.45, 2.75) is 39.7 Å². The van der Waals surface area contributed by atoms with Gasteiger partial charge < -0.3 is 4.90 Å². The van der Waals surface area contributed by atoms with Gasteiger partial charge in [0.15, 0.2) is 5.82 Å². The average molecular weight is 356 g/mol. The number of anilines is 1. The summed E-state index contributed by atoms with van der Waals surface area (Å²) in [5.41, 5.74) is 5.73. The minimum atomic E-state index is 0.710. The molecule has 1 aliphatic rings. The van der Waals surface area contributed by atoms with Crippen LogP contribution in [-0.4, -0.2) is 46.3 Å². The van der Waals surface area contributed by atoms with Crippen molar-refractivity contribution in [3.63, 3.8) is 0 Å². The summed E-state index contributed by atoms with van der Waals surface area (Å²) in [5, 5.41) is 20.6. The Kier molecular flexibility index (Phi) is 5.95. The van der Waals surface area contributed by atoms with E-state index in [0.717, 1.165) is 74.8 Å². The van der Waals surface area contributed by atoms with Gasteiger partial charge in [-0.25, -0.2) is 4.98 Å². The lowest BCUT2D eigenvalue weighted by Gasteiger charge is -2.24. The molecule has 0 radical (unpaired) electrons. The van der Waals surface area contributed by atoms with Crippen molar-refractivity contribution in [2.75, 3.05) is 31.1 Å². The summed E-state index contributed by atoms with van der Waals surface area (Å²) >= 11 is 1.64. The first-order chi connectivity index (χ1) is 12.3. The molecule has 3 rings (SSSR count). The second kappa shape index (κ2) is 8.37. The molecule has 0 saturated carbocycles. The van der Waals surface area contributed by atoms with Gasteiger partial charge in [-0.2, -0.15) is 10.4 Å². The van der Waals surface area contributed by atoms with Crippen LogP contribution in [0.3, 0.4) is 0 Å². The van der Waals surface area contributed by atoms with Crippen LogP contribution < -0.4 is 4.90 Å². The first-order valence-electron chi connectivity index (χ1n) is 8.89. The molecule has 7 heteroatoms. The van der Waals surface area contributed by atoms with Crippen molar-refractivity contribution in [1.29, 1.82) is 5.26 Å². The third-order valence-electron chi connectivity index (χ3n) is 4.70. The van der Waals surface area contributed by atoms with Gasteiger partial charge in [-0.05, 0) is 24.8 Å². The van der Waals surface area contributed by atoms with Gasteiger partial charge in [-0.3, -0.25) is 4.90 Å². The Labute approximate surface area is 153 Å². The Hall–Kier alpha value is -2.04. The molecular weight excluding hydrogens is 332 g/mol. The van der Waals surface area contributed by atoms with Gasteiger partial charge in [-0.15, -0.1) is 16.4 Å². The lowest BCUT2D eigenvalue weighted by Crippen LogP contribution is -2.32. The normalized spacial score (nSPS) is 15.8. The van der Waals surface area contributed by atoms with Crippen molar-refractivity contribution in [3.05, 3.63) is 33.4 Å². The first-order valence-corrected chi connectivity index (χ1v) is 9.84. The SMILES string of the molecule is CCc1nnc(N2CCCN(Cc3cscn3)CC2)c(C#N)c1CC. The summed E-state index contributed by atoms with van der Waals surface area (Å²) in [6.45, 7) is 8.79. The van der Waals surface area contributed by atoms with Crippen LogP contribution in [0.2, 0.25) is 0 Å². The molecule has 0 aromatic carbocycles. The molecular formula is C18H24N6S. The molecule has 6 nitrogen and oxygen atoms in total. The topological polar surface area (TPSA) is 68.9 Å². The van der Waals surface area contributed by atoms with E-state index in [1.54, 1.807) is 11.3 Å². The molecule has 0 spiro atoms. The summed E-state index contributed by atoms with van der Waals surface area (Å²) in [5.74, 6) is 0.757. The lowest BCUT2D eigenvalue weighted by atomic mass is 10.0. The van der Waals surface area contributed by atoms with Crippen molar-refractivity contribution in [1.82, 2.24) is 20.1 Å². The van der Waals surface area contributed by atoms with E-state index < -0.39 is 0 Å². The maximum atomic E-state index is 9.71. The fourth-order valence-electron chi connectivity index (χ4n) is 3.39. The van der Waals surface area contributed by atoms with Crippen molar-refractivity contribution in [2.24, 2.45) is 0 Å². The highest BCUT2D eigenvalue weighted by molar-refractivity contribution is 7.07. The Morgan fingerprint density at radius 1 is 1.16 bits per heavy atom.